The third-order valence-electron chi connectivity index (χ3n) is 5.03. The van der Waals surface area contributed by atoms with E-state index < -0.39 is 0 Å². The molecule has 0 fully saturated rings. The largest absolute Gasteiger partial charge is 0.322 e. The van der Waals surface area contributed by atoms with E-state index in [0.717, 1.165) is 43.6 Å². The number of carbonyl (C=O) groups is 1. The second kappa shape index (κ2) is 8.93. The molecular weight excluding hydrogens is 398 g/mol. The Bertz CT molecular complexity index is 1140. The number of halogens is 1. The number of hydrogen-bond acceptors (Lipinski definition) is 4. The molecule has 6 nitrogen and oxygen atoms in total. The summed E-state index contributed by atoms with van der Waals surface area (Å²) >= 11 is 5.88. The maximum atomic E-state index is 12.5. The fourth-order valence-corrected chi connectivity index (χ4v) is 3.63. The van der Waals surface area contributed by atoms with Crippen molar-refractivity contribution < 1.29 is 4.79 Å². The minimum absolute atomic E-state index is 0.226. The van der Waals surface area contributed by atoms with Crippen LogP contribution in [0.2, 0.25) is 5.02 Å². The highest BCUT2D eigenvalue weighted by Crippen LogP contribution is 2.22. The number of nitrogens with one attached hydrogen (secondary N) is 1. The van der Waals surface area contributed by atoms with Gasteiger partial charge >= 0.3 is 0 Å². The summed E-state index contributed by atoms with van der Waals surface area (Å²) in [7, 11) is 0. The van der Waals surface area contributed by atoms with Crippen molar-refractivity contribution in [3.05, 3.63) is 76.3 Å². The molecule has 0 spiro atoms. The summed E-state index contributed by atoms with van der Waals surface area (Å²) in [6, 6.07) is 16.3. The van der Waals surface area contributed by atoms with Gasteiger partial charge in [0.25, 0.3) is 5.91 Å². The summed E-state index contributed by atoms with van der Waals surface area (Å²) in [6.45, 7) is 0.827. The molecule has 2 heterocycles. The normalized spacial score (nSPS) is 13.8. The van der Waals surface area contributed by atoms with Crippen LogP contribution in [0, 0.1) is 11.3 Å². The molecule has 2 aromatic carbocycles. The van der Waals surface area contributed by atoms with Crippen LogP contribution in [0.4, 0.5) is 5.69 Å². The monoisotopic (exact) mass is 417 g/mol. The number of hydrogen-bond donors (Lipinski definition) is 1. The third kappa shape index (κ3) is 4.42. The van der Waals surface area contributed by atoms with Gasteiger partial charge in [0.1, 0.15) is 11.9 Å². The van der Waals surface area contributed by atoms with E-state index in [1.165, 1.54) is 0 Å². The van der Waals surface area contributed by atoms with Gasteiger partial charge in [0.15, 0.2) is 5.82 Å². The second-order valence-electron chi connectivity index (χ2n) is 7.16. The quantitative estimate of drug-likeness (QED) is 0.607. The summed E-state index contributed by atoms with van der Waals surface area (Å²) in [6.07, 6.45) is 5.98. The van der Waals surface area contributed by atoms with Gasteiger partial charge in [-0.3, -0.25) is 4.79 Å². The van der Waals surface area contributed by atoms with E-state index in [1.807, 2.05) is 22.8 Å². The average Bonchev–Trinajstić information content (AvgIpc) is 3.00. The highest BCUT2D eigenvalue weighted by molar-refractivity contribution is 6.30. The first-order chi connectivity index (χ1) is 14.6. The Labute approximate surface area is 179 Å². The molecule has 0 unspecified atom stereocenters. The van der Waals surface area contributed by atoms with Crippen molar-refractivity contribution in [3.8, 4) is 6.07 Å². The molecule has 1 aliphatic rings. The lowest BCUT2D eigenvalue weighted by Crippen LogP contribution is -2.11. The van der Waals surface area contributed by atoms with Crippen molar-refractivity contribution in [1.29, 1.82) is 5.26 Å². The maximum Gasteiger partial charge on any atom is 0.255 e. The fourth-order valence-electron chi connectivity index (χ4n) is 3.51. The van der Waals surface area contributed by atoms with Gasteiger partial charge in [-0.25, -0.2) is 0 Å². The Balaban J connectivity index is 1.58. The van der Waals surface area contributed by atoms with E-state index in [4.69, 9.17) is 11.6 Å². The maximum absolute atomic E-state index is 12.5. The second-order valence-corrected chi connectivity index (χ2v) is 7.59. The summed E-state index contributed by atoms with van der Waals surface area (Å²) in [4.78, 5) is 12.5. The van der Waals surface area contributed by atoms with Crippen molar-refractivity contribution in [2.45, 2.75) is 32.2 Å². The number of nitriles is 1. The molecule has 7 heteroatoms. The molecule has 1 amide bonds. The van der Waals surface area contributed by atoms with Crippen molar-refractivity contribution in [3.63, 3.8) is 0 Å². The Hall–Kier alpha value is -3.43. The number of aromatic nitrogens is 3. The number of nitrogens with zero attached hydrogens (tertiary/aromatic N) is 4. The molecule has 0 saturated carbocycles. The molecule has 1 N–H and O–H groups in total. The van der Waals surface area contributed by atoms with Crippen LogP contribution in [0.5, 0.6) is 0 Å². The van der Waals surface area contributed by atoms with Crippen LogP contribution >= 0.6 is 11.6 Å². The predicted molar refractivity (Wildman–Crippen MR) is 117 cm³/mol. The number of rotatable bonds is 4. The number of allylic oxidation sites excluding steroid dienone is 1. The van der Waals surface area contributed by atoms with Crippen molar-refractivity contribution >= 4 is 34.8 Å². The standard InChI is InChI=1S/C23H20ClN5O/c24-19-10-8-17(9-11-19)23(30)26-20-6-4-5-16(14-20)13-18(15-25)22-28-27-21-7-2-1-3-12-29(21)22/h4-6,8-11,13-14H,1-3,7,12H2,(H,26,30)/b18-13+. The van der Waals surface area contributed by atoms with Crippen molar-refractivity contribution in [1.82, 2.24) is 14.8 Å². The minimum Gasteiger partial charge on any atom is -0.322 e. The number of aryl methyl sites for hydroxylation is 1. The van der Waals surface area contributed by atoms with Crippen molar-refractivity contribution in [2.75, 3.05) is 5.32 Å². The molecule has 0 bridgehead atoms. The van der Waals surface area contributed by atoms with Crippen LogP contribution in [0.1, 0.15) is 46.8 Å². The third-order valence-corrected chi connectivity index (χ3v) is 5.28. The lowest BCUT2D eigenvalue weighted by atomic mass is 10.1. The Morgan fingerprint density at radius 3 is 2.77 bits per heavy atom. The molecule has 1 aliphatic heterocycles. The average molecular weight is 418 g/mol. The zero-order chi connectivity index (χ0) is 20.9. The first-order valence-electron chi connectivity index (χ1n) is 9.85. The Kier molecular flexibility index (Phi) is 5.92. The van der Waals surface area contributed by atoms with E-state index in [9.17, 15) is 10.1 Å². The fraction of sp³-hybridized carbons (Fsp3) is 0.217. The first kappa shape index (κ1) is 19.9. The van der Waals surface area contributed by atoms with E-state index in [-0.39, 0.29) is 5.91 Å². The highest BCUT2D eigenvalue weighted by Gasteiger charge is 2.17. The lowest BCUT2D eigenvalue weighted by molar-refractivity contribution is 0.102. The van der Waals surface area contributed by atoms with Crippen LogP contribution in [0.15, 0.2) is 48.5 Å². The van der Waals surface area contributed by atoms with E-state index in [1.54, 1.807) is 36.4 Å². The van der Waals surface area contributed by atoms with Gasteiger partial charge in [-0.1, -0.05) is 30.2 Å². The van der Waals surface area contributed by atoms with Gasteiger partial charge in [-0.2, -0.15) is 5.26 Å². The molecule has 30 heavy (non-hydrogen) atoms. The molecular formula is C23H20ClN5O. The summed E-state index contributed by atoms with van der Waals surface area (Å²) in [5.41, 5.74) is 2.41. The van der Waals surface area contributed by atoms with Gasteiger partial charge in [0.2, 0.25) is 0 Å². The molecule has 150 valence electrons. The number of carbonyl (C=O) groups excluding carboxylic acids is 1. The van der Waals surface area contributed by atoms with Crippen LogP contribution in [0.25, 0.3) is 11.6 Å². The molecule has 4 rings (SSSR count). The number of benzene rings is 2. The van der Waals surface area contributed by atoms with Crippen LogP contribution in [-0.4, -0.2) is 20.7 Å². The number of amides is 1. The predicted octanol–water partition coefficient (Wildman–Crippen LogP) is 4.97. The van der Waals surface area contributed by atoms with Crippen LogP contribution < -0.4 is 5.32 Å². The summed E-state index contributed by atoms with van der Waals surface area (Å²) in [5.74, 6) is 1.31. The number of anilines is 1. The first-order valence-corrected chi connectivity index (χ1v) is 10.2. The van der Waals surface area contributed by atoms with Crippen LogP contribution in [-0.2, 0) is 13.0 Å². The van der Waals surface area contributed by atoms with Gasteiger partial charge in [-0.05, 0) is 60.9 Å². The van der Waals surface area contributed by atoms with E-state index in [0.29, 0.717) is 27.7 Å². The van der Waals surface area contributed by atoms with Gasteiger partial charge in [0, 0.05) is 29.2 Å². The molecule has 0 aliphatic carbocycles. The van der Waals surface area contributed by atoms with Gasteiger partial charge in [-0.15, -0.1) is 10.2 Å². The topological polar surface area (TPSA) is 83.6 Å². The van der Waals surface area contributed by atoms with E-state index in [2.05, 4.69) is 21.6 Å². The zero-order valence-corrected chi connectivity index (χ0v) is 17.1. The molecule has 0 radical (unpaired) electrons. The van der Waals surface area contributed by atoms with Gasteiger partial charge < -0.3 is 9.88 Å². The minimum atomic E-state index is -0.226. The molecule has 0 atom stereocenters. The SMILES string of the molecule is N#C/C(=C\c1cccc(NC(=O)c2ccc(Cl)cc2)c1)c1nnc2n1CCCCC2. The zero-order valence-electron chi connectivity index (χ0n) is 16.3. The highest BCUT2D eigenvalue weighted by atomic mass is 35.5. The van der Waals surface area contributed by atoms with E-state index >= 15 is 0 Å². The van der Waals surface area contributed by atoms with Crippen molar-refractivity contribution in [2.24, 2.45) is 0 Å². The summed E-state index contributed by atoms with van der Waals surface area (Å²) in [5, 5.41) is 21.7. The smallest absolute Gasteiger partial charge is 0.255 e. The Morgan fingerprint density at radius 1 is 1.13 bits per heavy atom. The molecule has 0 saturated heterocycles. The molecule has 1 aromatic heterocycles. The summed E-state index contributed by atoms with van der Waals surface area (Å²) < 4.78 is 2.05. The lowest BCUT2D eigenvalue weighted by Gasteiger charge is -2.08. The number of fused-ring (bicyclic) bond motifs is 1. The van der Waals surface area contributed by atoms with Crippen LogP contribution in [0.3, 0.4) is 0 Å². The van der Waals surface area contributed by atoms with Gasteiger partial charge in [0.05, 0.1) is 5.57 Å². The molecule has 3 aromatic rings. The Morgan fingerprint density at radius 2 is 1.97 bits per heavy atom.